The molecule has 0 fully saturated rings. The molecule has 0 aliphatic carbocycles. The second-order valence-corrected chi connectivity index (χ2v) is 1.63. The molecule has 1 aromatic rings. The quantitative estimate of drug-likeness (QED) is 0.550. The minimum Gasteiger partial charge on any atom is -0.449 e. The van der Waals surface area contributed by atoms with E-state index in [1.165, 1.54) is 0 Å². The standard InChI is InChI=1S/C7H7NO/c1-2-3-4-7-8-5-6-9-7/h1,5-6H,3-4H2. The summed E-state index contributed by atoms with van der Waals surface area (Å²) in [6.07, 6.45) is 9.62. The van der Waals surface area contributed by atoms with E-state index in [0.29, 0.717) is 12.3 Å². The summed E-state index contributed by atoms with van der Waals surface area (Å²) in [4.78, 5) is 3.89. The lowest BCUT2D eigenvalue weighted by Crippen LogP contribution is -1.80. The van der Waals surface area contributed by atoms with Gasteiger partial charge >= 0.3 is 0 Å². The van der Waals surface area contributed by atoms with E-state index in [4.69, 9.17) is 10.8 Å². The summed E-state index contributed by atoms with van der Waals surface area (Å²) in [5, 5.41) is 0. The molecule has 9 heavy (non-hydrogen) atoms. The van der Waals surface area contributed by atoms with E-state index in [1.807, 2.05) is 0 Å². The maximum Gasteiger partial charge on any atom is 0.194 e. The van der Waals surface area contributed by atoms with Crippen LogP contribution in [0.4, 0.5) is 0 Å². The van der Waals surface area contributed by atoms with Crippen LogP contribution in [0.15, 0.2) is 16.9 Å². The highest BCUT2D eigenvalue weighted by atomic mass is 16.3. The van der Waals surface area contributed by atoms with Gasteiger partial charge in [-0.1, -0.05) is 0 Å². The summed E-state index contributed by atoms with van der Waals surface area (Å²) in [5.74, 6) is 3.22. The zero-order chi connectivity index (χ0) is 6.53. The van der Waals surface area contributed by atoms with Crippen LogP contribution >= 0.6 is 0 Å². The number of terminal acetylenes is 1. The Balaban J connectivity index is 2.41. The van der Waals surface area contributed by atoms with Gasteiger partial charge in [-0.05, 0) is 0 Å². The van der Waals surface area contributed by atoms with Gasteiger partial charge in [-0.2, -0.15) is 0 Å². The van der Waals surface area contributed by atoms with Gasteiger partial charge in [-0.3, -0.25) is 0 Å². The Hall–Kier alpha value is -1.23. The Labute approximate surface area is 53.9 Å². The van der Waals surface area contributed by atoms with Gasteiger partial charge < -0.3 is 4.42 Å². The predicted molar refractivity (Wildman–Crippen MR) is 33.7 cm³/mol. The van der Waals surface area contributed by atoms with Crippen LogP contribution in [-0.2, 0) is 6.42 Å². The molecule has 0 aliphatic heterocycles. The molecule has 0 aromatic carbocycles. The van der Waals surface area contributed by atoms with Crippen molar-refractivity contribution in [3.63, 3.8) is 0 Å². The molecule has 1 rings (SSSR count). The van der Waals surface area contributed by atoms with Gasteiger partial charge in [0.05, 0.1) is 6.20 Å². The van der Waals surface area contributed by atoms with Crippen molar-refractivity contribution < 1.29 is 4.42 Å². The number of hydrogen-bond acceptors (Lipinski definition) is 2. The van der Waals surface area contributed by atoms with Crippen molar-refractivity contribution in [2.45, 2.75) is 12.8 Å². The Kier molecular flexibility index (Phi) is 1.92. The topological polar surface area (TPSA) is 26.0 Å². The normalized spacial score (nSPS) is 8.78. The van der Waals surface area contributed by atoms with Crippen molar-refractivity contribution in [1.29, 1.82) is 0 Å². The highest BCUT2D eigenvalue weighted by molar-refractivity contribution is 4.89. The molecular formula is C7H7NO. The highest BCUT2D eigenvalue weighted by Crippen LogP contribution is 1.96. The summed E-state index contributed by atoms with van der Waals surface area (Å²) < 4.78 is 4.93. The van der Waals surface area contributed by atoms with Crippen molar-refractivity contribution in [2.24, 2.45) is 0 Å². The Morgan fingerprint density at radius 3 is 3.22 bits per heavy atom. The molecule has 1 aromatic heterocycles. The molecule has 46 valence electrons. The first-order valence-corrected chi connectivity index (χ1v) is 2.75. The Morgan fingerprint density at radius 2 is 2.67 bits per heavy atom. The van der Waals surface area contributed by atoms with Crippen molar-refractivity contribution in [3.05, 3.63) is 18.4 Å². The van der Waals surface area contributed by atoms with E-state index in [-0.39, 0.29) is 0 Å². The second-order valence-electron chi connectivity index (χ2n) is 1.63. The second kappa shape index (κ2) is 2.93. The lowest BCUT2D eigenvalue weighted by molar-refractivity contribution is 0.496. The molecule has 2 heteroatoms. The van der Waals surface area contributed by atoms with Crippen LogP contribution in [0.3, 0.4) is 0 Å². The minimum atomic E-state index is 0.695. The minimum absolute atomic E-state index is 0.695. The molecule has 0 radical (unpaired) electrons. The first-order chi connectivity index (χ1) is 4.43. The highest BCUT2D eigenvalue weighted by Gasteiger charge is 1.92. The summed E-state index contributed by atoms with van der Waals surface area (Å²) in [6.45, 7) is 0. The van der Waals surface area contributed by atoms with Crippen LogP contribution in [0.2, 0.25) is 0 Å². The van der Waals surface area contributed by atoms with E-state index in [9.17, 15) is 0 Å². The van der Waals surface area contributed by atoms with Gasteiger partial charge in [0.25, 0.3) is 0 Å². The summed E-state index contributed by atoms with van der Waals surface area (Å²) in [7, 11) is 0. The van der Waals surface area contributed by atoms with Crippen LogP contribution in [0, 0.1) is 12.3 Å². The van der Waals surface area contributed by atoms with Crippen LogP contribution in [0.5, 0.6) is 0 Å². The van der Waals surface area contributed by atoms with Crippen LogP contribution in [0.25, 0.3) is 0 Å². The largest absolute Gasteiger partial charge is 0.449 e. The SMILES string of the molecule is C#CCCc1ncco1. The van der Waals surface area contributed by atoms with Crippen molar-refractivity contribution in [3.8, 4) is 12.3 Å². The molecule has 0 unspecified atom stereocenters. The fourth-order valence-electron chi connectivity index (χ4n) is 0.556. The molecule has 2 nitrogen and oxygen atoms in total. The zero-order valence-electron chi connectivity index (χ0n) is 5.00. The molecule has 0 aliphatic rings. The number of aryl methyl sites for hydroxylation is 1. The third-order valence-corrected chi connectivity index (χ3v) is 0.967. The maximum atomic E-state index is 5.03. The predicted octanol–water partition coefficient (Wildman–Crippen LogP) is 1.24. The molecule has 0 bridgehead atoms. The average Bonchev–Trinajstić information content (AvgIpc) is 2.34. The maximum absolute atomic E-state index is 5.03. The number of rotatable bonds is 2. The van der Waals surface area contributed by atoms with E-state index < -0.39 is 0 Å². The summed E-state index contributed by atoms with van der Waals surface area (Å²) >= 11 is 0. The summed E-state index contributed by atoms with van der Waals surface area (Å²) in [6, 6.07) is 0. The molecule has 0 amide bonds. The smallest absolute Gasteiger partial charge is 0.194 e. The Morgan fingerprint density at radius 1 is 1.78 bits per heavy atom. The molecule has 1 heterocycles. The first-order valence-electron chi connectivity index (χ1n) is 2.75. The van der Waals surface area contributed by atoms with Gasteiger partial charge in [-0.15, -0.1) is 12.3 Å². The number of aromatic nitrogens is 1. The Bertz CT molecular complexity index is 195. The number of hydrogen-bond donors (Lipinski definition) is 0. The van der Waals surface area contributed by atoms with Crippen LogP contribution in [0.1, 0.15) is 12.3 Å². The van der Waals surface area contributed by atoms with Gasteiger partial charge in [0.15, 0.2) is 5.89 Å². The van der Waals surface area contributed by atoms with E-state index in [2.05, 4.69) is 10.9 Å². The van der Waals surface area contributed by atoms with Gasteiger partial charge in [0, 0.05) is 12.8 Å². The lowest BCUT2D eigenvalue weighted by Gasteiger charge is -1.84. The molecule has 0 atom stereocenters. The van der Waals surface area contributed by atoms with Gasteiger partial charge in [0.2, 0.25) is 0 Å². The lowest BCUT2D eigenvalue weighted by atomic mass is 10.3. The van der Waals surface area contributed by atoms with Crippen molar-refractivity contribution in [1.82, 2.24) is 4.98 Å². The third-order valence-electron chi connectivity index (χ3n) is 0.967. The molecule has 0 saturated carbocycles. The van der Waals surface area contributed by atoms with Crippen molar-refractivity contribution in [2.75, 3.05) is 0 Å². The van der Waals surface area contributed by atoms with E-state index in [1.54, 1.807) is 12.5 Å². The third kappa shape index (κ3) is 1.61. The monoisotopic (exact) mass is 121 g/mol. The average molecular weight is 121 g/mol. The molecule has 0 spiro atoms. The van der Waals surface area contributed by atoms with Gasteiger partial charge in [0.1, 0.15) is 6.26 Å². The van der Waals surface area contributed by atoms with Crippen LogP contribution in [-0.4, -0.2) is 4.98 Å². The van der Waals surface area contributed by atoms with Crippen LogP contribution < -0.4 is 0 Å². The molecule has 0 saturated heterocycles. The van der Waals surface area contributed by atoms with Gasteiger partial charge in [-0.25, -0.2) is 4.98 Å². The molecule has 0 N–H and O–H groups in total. The molecular weight excluding hydrogens is 114 g/mol. The number of nitrogens with zero attached hydrogens (tertiary/aromatic N) is 1. The fraction of sp³-hybridized carbons (Fsp3) is 0.286. The van der Waals surface area contributed by atoms with E-state index >= 15 is 0 Å². The number of oxazole rings is 1. The van der Waals surface area contributed by atoms with Crippen molar-refractivity contribution >= 4 is 0 Å². The first kappa shape index (κ1) is 5.90. The zero-order valence-corrected chi connectivity index (χ0v) is 5.00. The fourth-order valence-corrected chi connectivity index (χ4v) is 0.556. The summed E-state index contributed by atoms with van der Waals surface area (Å²) in [5.41, 5.74) is 0. The van der Waals surface area contributed by atoms with E-state index in [0.717, 1.165) is 6.42 Å².